The lowest BCUT2D eigenvalue weighted by Crippen LogP contribution is -2.18. The predicted octanol–water partition coefficient (Wildman–Crippen LogP) is 3.82. The van der Waals surface area contributed by atoms with Crippen molar-refractivity contribution in [3.8, 4) is 5.75 Å². The summed E-state index contributed by atoms with van der Waals surface area (Å²) < 4.78 is 12.3. The van der Waals surface area contributed by atoms with Crippen LogP contribution in [0.4, 0.5) is 10.6 Å². The van der Waals surface area contributed by atoms with Gasteiger partial charge in [-0.3, -0.25) is 10.1 Å². The van der Waals surface area contributed by atoms with Crippen LogP contribution >= 0.6 is 0 Å². The van der Waals surface area contributed by atoms with Crippen molar-refractivity contribution in [2.24, 2.45) is 0 Å². The van der Waals surface area contributed by atoms with Gasteiger partial charge in [-0.25, -0.2) is 9.78 Å². The number of nitrogens with zero attached hydrogens (tertiary/aromatic N) is 2. The molecule has 0 spiro atoms. The van der Waals surface area contributed by atoms with Crippen molar-refractivity contribution in [3.63, 3.8) is 0 Å². The summed E-state index contributed by atoms with van der Waals surface area (Å²) in [6, 6.07) is 16.3. The molecule has 1 aliphatic rings. The van der Waals surface area contributed by atoms with Crippen molar-refractivity contribution in [1.29, 1.82) is 0 Å². The number of nitrogens with one attached hydrogen (secondary N) is 1. The van der Waals surface area contributed by atoms with E-state index in [1.54, 1.807) is 31.4 Å². The van der Waals surface area contributed by atoms with Crippen molar-refractivity contribution in [3.05, 3.63) is 77.2 Å². The highest BCUT2D eigenvalue weighted by Gasteiger charge is 2.28. The number of aromatic nitrogens is 2. The van der Waals surface area contributed by atoms with Gasteiger partial charge in [0, 0.05) is 18.5 Å². The molecule has 3 aromatic rings. The van der Waals surface area contributed by atoms with Gasteiger partial charge in [0.15, 0.2) is 5.82 Å². The Kier molecular flexibility index (Phi) is 5.29. The van der Waals surface area contributed by atoms with Crippen molar-refractivity contribution in [2.75, 3.05) is 12.4 Å². The summed E-state index contributed by atoms with van der Waals surface area (Å²) in [5.74, 6) is 1.49. The maximum absolute atomic E-state index is 13.2. The molecule has 0 aliphatic carbocycles. The van der Waals surface area contributed by atoms with Crippen LogP contribution in [0.5, 0.6) is 5.75 Å². The Morgan fingerprint density at radius 2 is 1.86 bits per heavy atom. The lowest BCUT2D eigenvalue weighted by Gasteiger charge is -2.09. The number of amides is 1. The zero-order valence-corrected chi connectivity index (χ0v) is 16.1. The standard InChI is InChI=1S/C22H21N3O4/c1-28-17-11-9-16(10-12-17)20(26)19-21(23-18-8-5-13-25(18)19)24-22(27)29-14-15-6-3-2-4-7-15/h2-4,6-7,9-12H,5,8,13-14H2,1H3,(H,24,27). The maximum atomic E-state index is 13.2. The van der Waals surface area contributed by atoms with Crippen LogP contribution in [-0.4, -0.2) is 28.5 Å². The molecule has 0 atom stereocenters. The molecule has 0 unspecified atom stereocenters. The highest BCUT2D eigenvalue weighted by molar-refractivity contribution is 6.12. The molecule has 0 fully saturated rings. The maximum Gasteiger partial charge on any atom is 0.413 e. The molecular weight excluding hydrogens is 370 g/mol. The zero-order chi connectivity index (χ0) is 20.2. The average molecular weight is 391 g/mol. The fourth-order valence-electron chi connectivity index (χ4n) is 3.38. The van der Waals surface area contributed by atoms with Crippen molar-refractivity contribution in [1.82, 2.24) is 9.55 Å². The van der Waals surface area contributed by atoms with Gasteiger partial charge in [0.2, 0.25) is 5.78 Å². The monoisotopic (exact) mass is 391 g/mol. The van der Waals surface area contributed by atoms with Gasteiger partial charge in [0.05, 0.1) is 7.11 Å². The molecule has 29 heavy (non-hydrogen) atoms. The SMILES string of the molecule is COc1ccc(C(=O)c2c(NC(=O)OCc3ccccc3)nc3n2CCC3)cc1. The third-order valence-corrected chi connectivity index (χ3v) is 4.83. The van der Waals surface area contributed by atoms with Crippen LogP contribution in [0.25, 0.3) is 0 Å². The summed E-state index contributed by atoms with van der Waals surface area (Å²) in [6.07, 6.45) is 1.04. The number of hydrogen-bond acceptors (Lipinski definition) is 5. The highest BCUT2D eigenvalue weighted by atomic mass is 16.5. The Morgan fingerprint density at radius 1 is 1.10 bits per heavy atom. The van der Waals surface area contributed by atoms with Gasteiger partial charge in [-0.1, -0.05) is 30.3 Å². The fourth-order valence-corrected chi connectivity index (χ4v) is 3.38. The van der Waals surface area contributed by atoms with E-state index in [-0.39, 0.29) is 18.2 Å². The summed E-state index contributed by atoms with van der Waals surface area (Å²) in [6.45, 7) is 0.836. The van der Waals surface area contributed by atoms with Crippen LogP contribution < -0.4 is 10.1 Å². The molecule has 0 radical (unpaired) electrons. The van der Waals surface area contributed by atoms with E-state index >= 15 is 0 Å². The average Bonchev–Trinajstić information content (AvgIpc) is 3.33. The minimum Gasteiger partial charge on any atom is -0.497 e. The number of benzene rings is 2. The van der Waals surface area contributed by atoms with Crippen LogP contribution in [0.1, 0.15) is 33.9 Å². The normalized spacial score (nSPS) is 12.3. The number of imidazole rings is 1. The van der Waals surface area contributed by atoms with Crippen LogP contribution in [0, 0.1) is 0 Å². The molecule has 0 bridgehead atoms. The molecule has 2 aromatic carbocycles. The Morgan fingerprint density at radius 3 is 2.59 bits per heavy atom. The lowest BCUT2D eigenvalue weighted by atomic mass is 10.1. The van der Waals surface area contributed by atoms with Crippen LogP contribution in [0.3, 0.4) is 0 Å². The highest BCUT2D eigenvalue weighted by Crippen LogP contribution is 2.27. The van der Waals surface area contributed by atoms with E-state index in [0.29, 0.717) is 23.6 Å². The third kappa shape index (κ3) is 3.99. The van der Waals surface area contributed by atoms with E-state index in [1.165, 1.54) is 0 Å². The fraction of sp³-hybridized carbons (Fsp3) is 0.227. The van der Waals surface area contributed by atoms with Gasteiger partial charge < -0.3 is 14.0 Å². The second-order valence-corrected chi connectivity index (χ2v) is 6.72. The minimum atomic E-state index is -0.644. The number of carbonyl (C=O) groups excluding carboxylic acids is 2. The van der Waals surface area contributed by atoms with Gasteiger partial charge in [0.1, 0.15) is 23.9 Å². The number of ether oxygens (including phenoxy) is 2. The van der Waals surface area contributed by atoms with Gasteiger partial charge in [-0.15, -0.1) is 0 Å². The van der Waals surface area contributed by atoms with E-state index in [2.05, 4.69) is 10.3 Å². The largest absolute Gasteiger partial charge is 0.497 e. The molecule has 148 valence electrons. The quantitative estimate of drug-likeness (QED) is 0.646. The van der Waals surface area contributed by atoms with E-state index < -0.39 is 6.09 Å². The molecule has 7 nitrogen and oxygen atoms in total. The number of rotatable bonds is 6. The molecule has 2 heterocycles. The van der Waals surface area contributed by atoms with E-state index in [4.69, 9.17) is 9.47 Å². The number of methoxy groups -OCH3 is 1. The zero-order valence-electron chi connectivity index (χ0n) is 16.1. The summed E-state index contributed by atoms with van der Waals surface area (Å²) >= 11 is 0. The molecule has 1 N–H and O–H groups in total. The first-order valence-corrected chi connectivity index (χ1v) is 9.41. The second kappa shape index (κ2) is 8.18. The summed E-state index contributed by atoms with van der Waals surface area (Å²) in [5, 5.41) is 2.64. The number of hydrogen-bond donors (Lipinski definition) is 1. The first-order chi connectivity index (χ1) is 14.2. The van der Waals surface area contributed by atoms with E-state index in [1.807, 2.05) is 34.9 Å². The lowest BCUT2D eigenvalue weighted by molar-refractivity contribution is 0.103. The smallest absolute Gasteiger partial charge is 0.413 e. The number of ketones is 1. The summed E-state index contributed by atoms with van der Waals surface area (Å²) in [4.78, 5) is 29.9. The van der Waals surface area contributed by atoms with E-state index in [9.17, 15) is 9.59 Å². The second-order valence-electron chi connectivity index (χ2n) is 6.72. The molecule has 0 saturated heterocycles. The number of fused-ring (bicyclic) bond motifs is 1. The number of aryl methyl sites for hydroxylation is 1. The topological polar surface area (TPSA) is 82.4 Å². The molecule has 4 rings (SSSR count). The third-order valence-electron chi connectivity index (χ3n) is 4.83. The number of anilines is 1. The van der Waals surface area contributed by atoms with Crippen molar-refractivity contribution >= 4 is 17.7 Å². The minimum absolute atomic E-state index is 0.141. The van der Waals surface area contributed by atoms with Crippen molar-refractivity contribution < 1.29 is 19.1 Å². The van der Waals surface area contributed by atoms with Gasteiger partial charge in [0.25, 0.3) is 0 Å². The Hall–Kier alpha value is -3.61. The van der Waals surface area contributed by atoms with Crippen LogP contribution in [-0.2, 0) is 24.3 Å². The van der Waals surface area contributed by atoms with Gasteiger partial charge in [-0.2, -0.15) is 0 Å². The first-order valence-electron chi connectivity index (χ1n) is 9.41. The number of carbonyl (C=O) groups is 2. The van der Waals surface area contributed by atoms with Gasteiger partial charge >= 0.3 is 6.09 Å². The Bertz CT molecular complexity index is 1030. The van der Waals surface area contributed by atoms with Crippen LogP contribution in [0.2, 0.25) is 0 Å². The molecule has 1 amide bonds. The summed E-state index contributed by atoms with van der Waals surface area (Å²) in [5.41, 5.74) is 1.75. The van der Waals surface area contributed by atoms with Crippen molar-refractivity contribution in [2.45, 2.75) is 26.0 Å². The Balaban J connectivity index is 1.54. The predicted molar refractivity (Wildman–Crippen MR) is 107 cm³/mol. The molecule has 1 aliphatic heterocycles. The summed E-state index contributed by atoms with van der Waals surface area (Å²) in [7, 11) is 1.57. The molecule has 7 heteroatoms. The molecule has 0 saturated carbocycles. The van der Waals surface area contributed by atoms with Gasteiger partial charge in [-0.05, 0) is 36.2 Å². The molecule has 1 aromatic heterocycles. The first kappa shape index (κ1) is 18.7. The Labute approximate surface area is 168 Å². The van der Waals surface area contributed by atoms with Crippen LogP contribution in [0.15, 0.2) is 54.6 Å². The van der Waals surface area contributed by atoms with E-state index in [0.717, 1.165) is 24.2 Å². The molecular formula is C22H21N3O4.